The number of nitrogens with one attached hydrogen (secondary N) is 1. The summed E-state index contributed by atoms with van der Waals surface area (Å²) in [5.74, 6) is 1.95. The van der Waals surface area contributed by atoms with Crippen molar-refractivity contribution >= 4 is 5.91 Å². The molecule has 0 heterocycles. The van der Waals surface area contributed by atoms with Crippen LogP contribution >= 0.6 is 0 Å². The first kappa shape index (κ1) is 12.3. The summed E-state index contributed by atoms with van der Waals surface area (Å²) >= 11 is 0. The topological polar surface area (TPSA) is 55.1 Å². The van der Waals surface area contributed by atoms with Crippen LogP contribution in [0.5, 0.6) is 0 Å². The number of carbonyl (C=O) groups is 1. The molecule has 2 atom stereocenters. The molecule has 3 nitrogen and oxygen atoms in total. The van der Waals surface area contributed by atoms with E-state index in [1.807, 2.05) is 30.3 Å². The third-order valence-electron chi connectivity index (χ3n) is 2.50. The van der Waals surface area contributed by atoms with Crippen LogP contribution in [0.25, 0.3) is 0 Å². The summed E-state index contributed by atoms with van der Waals surface area (Å²) in [5.41, 5.74) is 6.95. The van der Waals surface area contributed by atoms with Crippen molar-refractivity contribution in [1.82, 2.24) is 5.32 Å². The molecule has 1 rings (SSSR count). The standard InChI is InChI=1S/C13H16N2O/c1-3-9-15-13(16)10(2)12(14)11-7-5-4-6-8-11/h1,4-8,10,12H,9,14H2,2H3,(H,15,16). The Kier molecular flexibility index (Phi) is 4.56. The highest BCUT2D eigenvalue weighted by Gasteiger charge is 2.21. The van der Waals surface area contributed by atoms with Crippen molar-refractivity contribution in [2.75, 3.05) is 6.54 Å². The van der Waals surface area contributed by atoms with Crippen molar-refractivity contribution in [3.63, 3.8) is 0 Å². The van der Waals surface area contributed by atoms with Crippen LogP contribution < -0.4 is 11.1 Å². The predicted octanol–water partition coefficient (Wildman–Crippen LogP) is 1.07. The smallest absolute Gasteiger partial charge is 0.225 e. The van der Waals surface area contributed by atoms with E-state index in [0.29, 0.717) is 0 Å². The van der Waals surface area contributed by atoms with Crippen LogP contribution in [0.1, 0.15) is 18.5 Å². The quantitative estimate of drug-likeness (QED) is 0.740. The Morgan fingerprint density at radius 3 is 2.69 bits per heavy atom. The SMILES string of the molecule is C#CCNC(=O)C(C)C(N)c1ccccc1. The summed E-state index contributed by atoms with van der Waals surface area (Å²) in [6, 6.07) is 9.24. The fourth-order valence-corrected chi connectivity index (χ4v) is 1.43. The zero-order valence-electron chi connectivity index (χ0n) is 9.31. The summed E-state index contributed by atoms with van der Waals surface area (Å²) in [7, 11) is 0. The third kappa shape index (κ3) is 3.11. The van der Waals surface area contributed by atoms with E-state index in [-0.39, 0.29) is 24.4 Å². The highest BCUT2D eigenvalue weighted by Crippen LogP contribution is 2.18. The normalized spacial score (nSPS) is 13.6. The summed E-state index contributed by atoms with van der Waals surface area (Å²) in [5, 5.41) is 2.63. The average molecular weight is 216 g/mol. The lowest BCUT2D eigenvalue weighted by molar-refractivity contribution is -0.124. The minimum Gasteiger partial charge on any atom is -0.345 e. The Morgan fingerprint density at radius 2 is 2.12 bits per heavy atom. The molecule has 0 aromatic heterocycles. The monoisotopic (exact) mass is 216 g/mol. The molecule has 1 aromatic rings. The molecule has 0 aliphatic heterocycles. The summed E-state index contributed by atoms with van der Waals surface area (Å²) < 4.78 is 0. The number of rotatable bonds is 4. The lowest BCUT2D eigenvalue weighted by Crippen LogP contribution is -2.35. The molecule has 0 fully saturated rings. The van der Waals surface area contributed by atoms with Crippen molar-refractivity contribution in [3.8, 4) is 12.3 Å². The van der Waals surface area contributed by atoms with E-state index in [1.165, 1.54) is 0 Å². The highest BCUT2D eigenvalue weighted by molar-refractivity contribution is 5.79. The maximum atomic E-state index is 11.6. The van der Waals surface area contributed by atoms with E-state index in [2.05, 4.69) is 11.2 Å². The van der Waals surface area contributed by atoms with Crippen LogP contribution in [0, 0.1) is 18.3 Å². The number of benzene rings is 1. The summed E-state index contributed by atoms with van der Waals surface area (Å²) in [4.78, 5) is 11.6. The number of nitrogens with two attached hydrogens (primary N) is 1. The molecular weight excluding hydrogens is 200 g/mol. The average Bonchev–Trinajstić information content (AvgIpc) is 2.35. The zero-order valence-corrected chi connectivity index (χ0v) is 9.31. The van der Waals surface area contributed by atoms with Crippen molar-refractivity contribution in [2.24, 2.45) is 11.7 Å². The lowest BCUT2D eigenvalue weighted by Gasteiger charge is -2.19. The van der Waals surface area contributed by atoms with Gasteiger partial charge in [0.15, 0.2) is 0 Å². The third-order valence-corrected chi connectivity index (χ3v) is 2.50. The van der Waals surface area contributed by atoms with Crippen molar-refractivity contribution in [1.29, 1.82) is 0 Å². The van der Waals surface area contributed by atoms with Crippen molar-refractivity contribution < 1.29 is 4.79 Å². The van der Waals surface area contributed by atoms with Gasteiger partial charge in [0.05, 0.1) is 12.5 Å². The van der Waals surface area contributed by atoms with Gasteiger partial charge in [-0.1, -0.05) is 43.2 Å². The van der Waals surface area contributed by atoms with Crippen LogP contribution in [0.2, 0.25) is 0 Å². The van der Waals surface area contributed by atoms with Gasteiger partial charge in [0.25, 0.3) is 0 Å². The molecule has 0 bridgehead atoms. The van der Waals surface area contributed by atoms with Crippen LogP contribution in [-0.4, -0.2) is 12.5 Å². The fourth-order valence-electron chi connectivity index (χ4n) is 1.43. The molecule has 84 valence electrons. The highest BCUT2D eigenvalue weighted by atomic mass is 16.1. The van der Waals surface area contributed by atoms with Gasteiger partial charge in [-0.25, -0.2) is 0 Å². The van der Waals surface area contributed by atoms with Gasteiger partial charge in [-0.2, -0.15) is 0 Å². The maximum absolute atomic E-state index is 11.6. The van der Waals surface area contributed by atoms with Gasteiger partial charge in [0.1, 0.15) is 0 Å². The lowest BCUT2D eigenvalue weighted by atomic mass is 9.95. The van der Waals surface area contributed by atoms with Crippen LogP contribution in [0.4, 0.5) is 0 Å². The number of amides is 1. The number of hydrogen-bond donors (Lipinski definition) is 2. The van der Waals surface area contributed by atoms with E-state index >= 15 is 0 Å². The van der Waals surface area contributed by atoms with Crippen LogP contribution in [-0.2, 0) is 4.79 Å². The minimum atomic E-state index is -0.307. The first-order valence-electron chi connectivity index (χ1n) is 5.18. The van der Waals surface area contributed by atoms with Gasteiger partial charge in [0.2, 0.25) is 5.91 Å². The predicted molar refractivity (Wildman–Crippen MR) is 64.4 cm³/mol. The second kappa shape index (κ2) is 5.94. The molecular formula is C13H16N2O. The van der Waals surface area contributed by atoms with Gasteiger partial charge >= 0.3 is 0 Å². The van der Waals surface area contributed by atoms with Crippen LogP contribution in [0.3, 0.4) is 0 Å². The van der Waals surface area contributed by atoms with Crippen LogP contribution in [0.15, 0.2) is 30.3 Å². The van der Waals surface area contributed by atoms with Gasteiger partial charge in [0, 0.05) is 6.04 Å². The molecule has 1 aromatic carbocycles. The molecule has 0 radical (unpaired) electrons. The van der Waals surface area contributed by atoms with E-state index in [0.717, 1.165) is 5.56 Å². The largest absolute Gasteiger partial charge is 0.345 e. The van der Waals surface area contributed by atoms with E-state index in [9.17, 15) is 4.79 Å². The number of hydrogen-bond acceptors (Lipinski definition) is 2. The zero-order chi connectivity index (χ0) is 12.0. The minimum absolute atomic E-state index is 0.116. The molecule has 0 aliphatic rings. The summed E-state index contributed by atoms with van der Waals surface area (Å²) in [6.45, 7) is 2.04. The number of carbonyl (C=O) groups excluding carboxylic acids is 1. The number of terminal acetylenes is 1. The Labute approximate surface area is 96.0 Å². The second-order valence-corrected chi connectivity index (χ2v) is 3.65. The first-order valence-corrected chi connectivity index (χ1v) is 5.18. The molecule has 0 spiro atoms. The van der Waals surface area contributed by atoms with E-state index < -0.39 is 0 Å². The molecule has 3 heteroatoms. The molecule has 0 aliphatic carbocycles. The van der Waals surface area contributed by atoms with Gasteiger partial charge in [-0.05, 0) is 5.56 Å². The Balaban J connectivity index is 2.64. The van der Waals surface area contributed by atoms with E-state index in [4.69, 9.17) is 12.2 Å². The fraction of sp³-hybridized carbons (Fsp3) is 0.308. The van der Waals surface area contributed by atoms with Crippen molar-refractivity contribution in [3.05, 3.63) is 35.9 Å². The van der Waals surface area contributed by atoms with Crippen molar-refractivity contribution in [2.45, 2.75) is 13.0 Å². The van der Waals surface area contributed by atoms with Gasteiger partial charge in [-0.15, -0.1) is 6.42 Å². The molecule has 0 saturated carbocycles. The first-order chi connectivity index (χ1) is 7.66. The summed E-state index contributed by atoms with van der Waals surface area (Å²) in [6.07, 6.45) is 5.07. The van der Waals surface area contributed by atoms with Gasteiger partial charge < -0.3 is 11.1 Å². The van der Waals surface area contributed by atoms with Gasteiger partial charge in [-0.3, -0.25) is 4.79 Å². The molecule has 3 N–H and O–H groups in total. The molecule has 2 unspecified atom stereocenters. The Bertz CT molecular complexity index is 381. The maximum Gasteiger partial charge on any atom is 0.225 e. The van der Waals surface area contributed by atoms with E-state index in [1.54, 1.807) is 6.92 Å². The molecule has 0 saturated heterocycles. The second-order valence-electron chi connectivity index (χ2n) is 3.65. The Hall–Kier alpha value is -1.79. The Morgan fingerprint density at radius 1 is 1.50 bits per heavy atom. The molecule has 16 heavy (non-hydrogen) atoms. The molecule has 1 amide bonds.